The Balaban J connectivity index is 1.16. The lowest BCUT2D eigenvalue weighted by atomic mass is 9.93. The highest BCUT2D eigenvalue weighted by atomic mass is 16.5. The molecule has 4 heteroatoms. The molecule has 11 rings (SSSR count). The highest BCUT2D eigenvalue weighted by Gasteiger charge is 2.23. The standard InChI is InChI=1S/C57H44N2O2/c1-37-22-25-39(3)60-55-30-27-43(33-40(55)26-23-37)58(41-14-6-4-7-15-41)53-35-49-46-19-11-13-21-48(46)54(36-50(49)45-18-10-12-20-47(45)53)59(42-16-8-5-9-17-42)44-28-31-57-52(34-44)51-32-38(2)24-29-56(51)61-57/h4-25,27-36,39H,26H2,1-3H3/b25-22-,37-23-. The lowest BCUT2D eigenvalue weighted by Crippen LogP contribution is -2.13. The largest absolute Gasteiger partial charge is 0.486 e. The number of benzene rings is 9. The first-order chi connectivity index (χ1) is 30.0. The average Bonchev–Trinajstić information content (AvgIpc) is 3.68. The minimum absolute atomic E-state index is 0.0330. The lowest BCUT2D eigenvalue weighted by Gasteiger charge is -2.30. The number of para-hydroxylation sites is 2. The molecule has 0 N–H and O–H groups in total. The van der Waals surface area contributed by atoms with E-state index in [-0.39, 0.29) is 6.10 Å². The number of allylic oxidation sites excluding steroid dienone is 3. The minimum atomic E-state index is -0.0330. The summed E-state index contributed by atoms with van der Waals surface area (Å²) in [5, 5.41) is 9.32. The summed E-state index contributed by atoms with van der Waals surface area (Å²) >= 11 is 0. The van der Waals surface area contributed by atoms with Crippen molar-refractivity contribution in [2.75, 3.05) is 9.80 Å². The summed E-state index contributed by atoms with van der Waals surface area (Å²) in [6.45, 7) is 6.39. The van der Waals surface area contributed by atoms with Crippen LogP contribution in [0.5, 0.6) is 5.75 Å². The van der Waals surface area contributed by atoms with Crippen LogP contribution in [-0.2, 0) is 6.42 Å². The molecule has 1 aliphatic heterocycles. The van der Waals surface area contributed by atoms with Crippen LogP contribution in [0.25, 0.3) is 54.3 Å². The molecular formula is C57H44N2O2. The van der Waals surface area contributed by atoms with Gasteiger partial charge >= 0.3 is 0 Å². The van der Waals surface area contributed by atoms with Crippen LogP contribution < -0.4 is 14.5 Å². The molecule has 1 aromatic heterocycles. The molecule has 0 radical (unpaired) electrons. The normalized spacial score (nSPS) is 15.5. The third kappa shape index (κ3) is 6.48. The monoisotopic (exact) mass is 788 g/mol. The van der Waals surface area contributed by atoms with Gasteiger partial charge in [-0.1, -0.05) is 114 Å². The summed E-state index contributed by atoms with van der Waals surface area (Å²) in [5.74, 6) is 0.917. The third-order valence-electron chi connectivity index (χ3n) is 12.1. The van der Waals surface area contributed by atoms with Gasteiger partial charge in [0.15, 0.2) is 0 Å². The van der Waals surface area contributed by atoms with Crippen LogP contribution in [0.1, 0.15) is 25.0 Å². The van der Waals surface area contributed by atoms with E-state index >= 15 is 0 Å². The zero-order chi connectivity index (χ0) is 41.0. The maximum Gasteiger partial charge on any atom is 0.135 e. The second-order valence-electron chi connectivity index (χ2n) is 16.2. The quantitative estimate of drug-likeness (QED) is 0.157. The summed E-state index contributed by atoms with van der Waals surface area (Å²) in [6, 6.07) is 63.7. The van der Waals surface area contributed by atoms with Gasteiger partial charge in [0, 0.05) is 49.9 Å². The number of aryl methyl sites for hydroxylation is 1. The molecule has 0 saturated heterocycles. The maximum atomic E-state index is 6.47. The highest BCUT2D eigenvalue weighted by Crippen LogP contribution is 2.48. The predicted octanol–water partition coefficient (Wildman–Crippen LogP) is 16.1. The number of hydrogen-bond acceptors (Lipinski definition) is 4. The molecule has 0 amide bonds. The molecule has 61 heavy (non-hydrogen) atoms. The number of anilines is 6. The van der Waals surface area contributed by atoms with Gasteiger partial charge in [-0.2, -0.15) is 0 Å². The van der Waals surface area contributed by atoms with Crippen LogP contribution in [0.4, 0.5) is 34.1 Å². The molecule has 0 saturated carbocycles. The van der Waals surface area contributed by atoms with Crippen molar-refractivity contribution in [1.29, 1.82) is 0 Å². The number of hydrogen-bond donors (Lipinski definition) is 0. The van der Waals surface area contributed by atoms with E-state index in [0.29, 0.717) is 0 Å². The minimum Gasteiger partial charge on any atom is -0.486 e. The van der Waals surface area contributed by atoms with E-state index in [9.17, 15) is 0 Å². The molecule has 1 atom stereocenters. The van der Waals surface area contributed by atoms with Gasteiger partial charge in [0.25, 0.3) is 0 Å². The van der Waals surface area contributed by atoms with Crippen LogP contribution in [0.3, 0.4) is 0 Å². The number of rotatable bonds is 6. The molecule has 0 bridgehead atoms. The third-order valence-corrected chi connectivity index (χ3v) is 12.1. The number of nitrogens with zero attached hydrogens (tertiary/aromatic N) is 2. The van der Waals surface area contributed by atoms with E-state index < -0.39 is 0 Å². The zero-order valence-electron chi connectivity index (χ0n) is 34.5. The van der Waals surface area contributed by atoms with Gasteiger partial charge in [0.2, 0.25) is 0 Å². The molecule has 0 fully saturated rings. The first kappa shape index (κ1) is 36.5. The number of ether oxygens (including phenoxy) is 1. The Hall–Kier alpha value is -7.56. The molecule has 0 spiro atoms. The second kappa shape index (κ2) is 14.9. The molecule has 10 aromatic rings. The Bertz CT molecular complexity index is 3360. The SMILES string of the molecule is CC1=C/Cc2cc(N(c3ccccc3)c3cc4c5ccccc5c(N(c5ccccc5)c5ccc6oc7ccc(C)cc7c6c5)cc4c4ccccc34)ccc2OC(C)/C=C\1. The zero-order valence-corrected chi connectivity index (χ0v) is 34.5. The lowest BCUT2D eigenvalue weighted by molar-refractivity contribution is 0.268. The van der Waals surface area contributed by atoms with Gasteiger partial charge in [0.05, 0.1) is 11.4 Å². The van der Waals surface area contributed by atoms with Crippen molar-refractivity contribution in [1.82, 2.24) is 0 Å². The fourth-order valence-corrected chi connectivity index (χ4v) is 9.15. The first-order valence-electron chi connectivity index (χ1n) is 21.1. The van der Waals surface area contributed by atoms with Crippen LogP contribution in [0.2, 0.25) is 0 Å². The summed E-state index contributed by atoms with van der Waals surface area (Å²) in [6.07, 6.45) is 7.32. The topological polar surface area (TPSA) is 28.9 Å². The highest BCUT2D eigenvalue weighted by molar-refractivity contribution is 6.24. The van der Waals surface area contributed by atoms with Gasteiger partial charge in [-0.05, 0) is 140 Å². The Morgan fingerprint density at radius 2 is 0.984 bits per heavy atom. The van der Waals surface area contributed by atoms with Crippen LogP contribution in [-0.4, -0.2) is 6.10 Å². The van der Waals surface area contributed by atoms with Gasteiger partial charge in [-0.3, -0.25) is 0 Å². The van der Waals surface area contributed by atoms with E-state index in [1.165, 1.54) is 43.5 Å². The van der Waals surface area contributed by atoms with Gasteiger partial charge < -0.3 is 19.0 Å². The van der Waals surface area contributed by atoms with Crippen LogP contribution in [0.15, 0.2) is 204 Å². The van der Waals surface area contributed by atoms with Crippen LogP contribution in [0, 0.1) is 6.92 Å². The van der Waals surface area contributed by atoms with Crippen LogP contribution >= 0.6 is 0 Å². The van der Waals surface area contributed by atoms with Gasteiger partial charge in [0.1, 0.15) is 23.0 Å². The molecule has 294 valence electrons. The van der Waals surface area contributed by atoms with Crippen molar-refractivity contribution in [3.8, 4) is 5.75 Å². The van der Waals surface area contributed by atoms with Crippen molar-refractivity contribution in [3.63, 3.8) is 0 Å². The maximum absolute atomic E-state index is 6.47. The second-order valence-corrected chi connectivity index (χ2v) is 16.2. The first-order valence-corrected chi connectivity index (χ1v) is 21.1. The smallest absolute Gasteiger partial charge is 0.135 e. The molecule has 1 aliphatic rings. The van der Waals surface area contributed by atoms with Crippen molar-refractivity contribution < 1.29 is 9.15 Å². The fourth-order valence-electron chi connectivity index (χ4n) is 9.15. The summed E-state index contributed by atoms with van der Waals surface area (Å²) < 4.78 is 12.8. The predicted molar refractivity (Wildman–Crippen MR) is 257 cm³/mol. The fraction of sp³-hybridized carbons (Fsp3) is 0.0877. The van der Waals surface area contributed by atoms with E-state index in [2.05, 4.69) is 225 Å². The Morgan fingerprint density at radius 1 is 0.459 bits per heavy atom. The molecule has 4 nitrogen and oxygen atoms in total. The Labute approximate surface area is 355 Å². The van der Waals surface area contributed by atoms with E-state index in [4.69, 9.17) is 9.15 Å². The molecule has 0 aliphatic carbocycles. The average molecular weight is 789 g/mol. The van der Waals surface area contributed by atoms with E-state index in [0.717, 1.165) is 73.8 Å². The van der Waals surface area contributed by atoms with Gasteiger partial charge in [-0.25, -0.2) is 0 Å². The number of fused-ring (bicyclic) bond motifs is 9. The summed E-state index contributed by atoms with van der Waals surface area (Å²) in [4.78, 5) is 4.82. The number of furan rings is 1. The summed E-state index contributed by atoms with van der Waals surface area (Å²) in [5.41, 5.74) is 11.9. The van der Waals surface area contributed by atoms with Crippen molar-refractivity contribution in [2.45, 2.75) is 33.3 Å². The molecule has 2 heterocycles. The van der Waals surface area contributed by atoms with E-state index in [1.54, 1.807) is 0 Å². The molecular weight excluding hydrogens is 745 g/mol. The van der Waals surface area contributed by atoms with E-state index in [1.807, 2.05) is 0 Å². The Kier molecular flexibility index (Phi) is 8.93. The summed E-state index contributed by atoms with van der Waals surface area (Å²) in [7, 11) is 0. The van der Waals surface area contributed by atoms with Gasteiger partial charge in [-0.15, -0.1) is 0 Å². The van der Waals surface area contributed by atoms with Crippen molar-refractivity contribution in [2.24, 2.45) is 0 Å². The molecule has 9 aromatic carbocycles. The van der Waals surface area contributed by atoms with Crippen molar-refractivity contribution >= 4 is 88.4 Å². The van der Waals surface area contributed by atoms with Crippen molar-refractivity contribution in [3.05, 3.63) is 211 Å². The Morgan fingerprint density at radius 3 is 1.61 bits per heavy atom. The molecule has 1 unspecified atom stereocenters.